The first-order valence-corrected chi connectivity index (χ1v) is 9.28. The highest BCUT2D eigenvalue weighted by molar-refractivity contribution is 14.0. The third kappa shape index (κ3) is 3.49. The Balaban J connectivity index is 0.00000196. The Labute approximate surface area is 171 Å². The van der Waals surface area contributed by atoms with Gasteiger partial charge in [0.2, 0.25) is 11.8 Å². The number of hydrogen-bond acceptors (Lipinski definition) is 4. The van der Waals surface area contributed by atoms with Crippen LogP contribution in [0.3, 0.4) is 0 Å². The number of carbonyl (C=O) groups excluding carboxylic acids is 2. The van der Waals surface area contributed by atoms with Gasteiger partial charge >= 0.3 is 0 Å². The van der Waals surface area contributed by atoms with E-state index in [1.54, 1.807) is 7.05 Å². The molecule has 0 aromatic rings. The maximum Gasteiger partial charge on any atom is 0.233 e. The lowest BCUT2D eigenvalue weighted by molar-refractivity contribution is -0.140. The monoisotopic (exact) mass is 474 g/mol. The molecule has 1 saturated carbocycles. The van der Waals surface area contributed by atoms with Gasteiger partial charge in [-0.05, 0) is 31.1 Å². The molecule has 2 bridgehead atoms. The number of rotatable bonds is 5. The van der Waals surface area contributed by atoms with E-state index in [1.807, 2.05) is 0 Å². The molecule has 5 atom stereocenters. The molecule has 26 heavy (non-hydrogen) atoms. The van der Waals surface area contributed by atoms with Crippen LogP contribution in [-0.4, -0.2) is 62.1 Å². The molecule has 8 heteroatoms. The van der Waals surface area contributed by atoms with Crippen molar-refractivity contribution in [3.05, 3.63) is 12.2 Å². The molecule has 5 unspecified atom stereocenters. The third-order valence-electron chi connectivity index (χ3n) is 5.93. The number of aliphatic imine (C=N–C) groups is 1. The number of nitrogens with one attached hydrogen (secondary N) is 2. The van der Waals surface area contributed by atoms with Gasteiger partial charge in [0, 0.05) is 33.3 Å². The summed E-state index contributed by atoms with van der Waals surface area (Å²) in [5.74, 6) is 1.01. The van der Waals surface area contributed by atoms with Crippen molar-refractivity contribution < 1.29 is 14.3 Å². The Morgan fingerprint density at radius 3 is 2.50 bits per heavy atom. The van der Waals surface area contributed by atoms with Crippen molar-refractivity contribution >= 4 is 41.8 Å². The second-order valence-electron chi connectivity index (χ2n) is 7.34. The molecule has 2 aliphatic carbocycles. The van der Waals surface area contributed by atoms with E-state index < -0.39 is 0 Å². The summed E-state index contributed by atoms with van der Waals surface area (Å²) in [6.45, 7) is 2.45. The van der Waals surface area contributed by atoms with E-state index in [-0.39, 0.29) is 65.6 Å². The van der Waals surface area contributed by atoms with Gasteiger partial charge in [0.05, 0.1) is 17.9 Å². The van der Waals surface area contributed by atoms with Crippen molar-refractivity contribution in [3.63, 3.8) is 0 Å². The second kappa shape index (κ2) is 8.24. The molecular formula is C18H27IN4O3. The molecule has 2 aliphatic heterocycles. The maximum atomic E-state index is 12.6. The SMILES string of the molecule is CN=C(NCCN1C(=O)C2C3C=CC(C3)C2C1=O)NCC1CCCO1.I. The largest absolute Gasteiger partial charge is 0.376 e. The average Bonchev–Trinajstić information content (AvgIpc) is 3.38. The Morgan fingerprint density at radius 2 is 1.92 bits per heavy atom. The average molecular weight is 474 g/mol. The topological polar surface area (TPSA) is 83.0 Å². The van der Waals surface area contributed by atoms with Gasteiger partial charge in [0.1, 0.15) is 0 Å². The highest BCUT2D eigenvalue weighted by Crippen LogP contribution is 2.52. The van der Waals surface area contributed by atoms with Gasteiger partial charge in [0.25, 0.3) is 0 Å². The van der Waals surface area contributed by atoms with Crippen LogP contribution in [0.25, 0.3) is 0 Å². The van der Waals surface area contributed by atoms with E-state index in [4.69, 9.17) is 4.74 Å². The molecule has 0 aromatic heterocycles. The number of ether oxygens (including phenoxy) is 1. The Bertz CT molecular complexity index is 588. The maximum absolute atomic E-state index is 12.6. The molecule has 0 radical (unpaired) electrons. The van der Waals surface area contributed by atoms with Crippen molar-refractivity contribution in [1.82, 2.24) is 15.5 Å². The van der Waals surface area contributed by atoms with Gasteiger partial charge in [-0.3, -0.25) is 19.5 Å². The quantitative estimate of drug-likeness (QED) is 0.202. The van der Waals surface area contributed by atoms with Crippen LogP contribution in [0.5, 0.6) is 0 Å². The van der Waals surface area contributed by atoms with E-state index >= 15 is 0 Å². The molecule has 0 aromatic carbocycles. The van der Waals surface area contributed by atoms with Crippen LogP contribution in [0.1, 0.15) is 19.3 Å². The van der Waals surface area contributed by atoms with Crippen LogP contribution in [0.15, 0.2) is 17.1 Å². The number of carbonyl (C=O) groups is 2. The molecule has 2 heterocycles. The van der Waals surface area contributed by atoms with Crippen LogP contribution in [0, 0.1) is 23.7 Å². The Kier molecular flexibility index (Phi) is 6.21. The van der Waals surface area contributed by atoms with Crippen molar-refractivity contribution in [3.8, 4) is 0 Å². The summed E-state index contributed by atoms with van der Waals surface area (Å²) in [4.78, 5) is 30.9. The lowest BCUT2D eigenvalue weighted by atomic mass is 9.85. The van der Waals surface area contributed by atoms with E-state index in [0.717, 1.165) is 32.4 Å². The highest BCUT2D eigenvalue weighted by atomic mass is 127. The van der Waals surface area contributed by atoms with E-state index in [9.17, 15) is 9.59 Å². The van der Waals surface area contributed by atoms with Gasteiger partial charge in [0.15, 0.2) is 5.96 Å². The summed E-state index contributed by atoms with van der Waals surface area (Å²) in [5, 5.41) is 6.43. The fourth-order valence-corrected chi connectivity index (χ4v) is 4.71. The van der Waals surface area contributed by atoms with Crippen LogP contribution in [-0.2, 0) is 14.3 Å². The van der Waals surface area contributed by atoms with E-state index in [0.29, 0.717) is 19.0 Å². The van der Waals surface area contributed by atoms with Crippen molar-refractivity contribution in [2.75, 3.05) is 33.3 Å². The summed E-state index contributed by atoms with van der Waals surface area (Å²) in [7, 11) is 1.71. The molecule has 144 valence electrons. The molecule has 3 fully saturated rings. The van der Waals surface area contributed by atoms with Crippen LogP contribution in [0.4, 0.5) is 0 Å². The minimum Gasteiger partial charge on any atom is -0.376 e. The predicted octanol–water partition coefficient (Wildman–Crippen LogP) is 0.755. The normalized spacial score (nSPS) is 35.0. The minimum absolute atomic E-state index is 0. The number of nitrogens with zero attached hydrogens (tertiary/aromatic N) is 2. The molecule has 4 aliphatic rings. The zero-order chi connectivity index (χ0) is 17.4. The lowest BCUT2D eigenvalue weighted by Gasteiger charge is -2.19. The Morgan fingerprint density at radius 1 is 1.23 bits per heavy atom. The molecule has 2 N–H and O–H groups in total. The van der Waals surface area contributed by atoms with Gasteiger partial charge in [-0.25, -0.2) is 0 Å². The number of guanidine groups is 1. The number of allylic oxidation sites excluding steroid dienone is 2. The van der Waals surface area contributed by atoms with Crippen LogP contribution >= 0.6 is 24.0 Å². The Hall–Kier alpha value is -1.16. The molecule has 2 amide bonds. The highest BCUT2D eigenvalue weighted by Gasteiger charge is 2.58. The fourth-order valence-electron chi connectivity index (χ4n) is 4.71. The smallest absolute Gasteiger partial charge is 0.233 e. The van der Waals surface area contributed by atoms with Crippen LogP contribution in [0.2, 0.25) is 0 Å². The van der Waals surface area contributed by atoms with Gasteiger partial charge in [-0.1, -0.05) is 12.2 Å². The third-order valence-corrected chi connectivity index (χ3v) is 5.93. The number of hydrogen-bond donors (Lipinski definition) is 2. The summed E-state index contributed by atoms with van der Waals surface area (Å²) in [6, 6.07) is 0. The number of fused-ring (bicyclic) bond motifs is 5. The van der Waals surface area contributed by atoms with Crippen molar-refractivity contribution in [2.24, 2.45) is 28.7 Å². The van der Waals surface area contributed by atoms with Crippen molar-refractivity contribution in [2.45, 2.75) is 25.4 Å². The first kappa shape index (κ1) is 19.6. The van der Waals surface area contributed by atoms with E-state index in [1.165, 1.54) is 4.90 Å². The van der Waals surface area contributed by atoms with Gasteiger partial charge in [-0.15, -0.1) is 24.0 Å². The number of likely N-dealkylation sites (tertiary alicyclic amines) is 1. The van der Waals surface area contributed by atoms with Crippen molar-refractivity contribution in [1.29, 1.82) is 0 Å². The van der Waals surface area contributed by atoms with Gasteiger partial charge in [-0.2, -0.15) is 0 Å². The zero-order valence-electron chi connectivity index (χ0n) is 15.0. The molecule has 2 saturated heterocycles. The number of halogens is 1. The van der Waals surface area contributed by atoms with E-state index in [2.05, 4.69) is 27.8 Å². The molecule has 0 spiro atoms. The van der Waals surface area contributed by atoms with Gasteiger partial charge < -0.3 is 15.4 Å². The molecule has 4 rings (SSSR count). The summed E-state index contributed by atoms with van der Waals surface area (Å²) < 4.78 is 5.58. The van der Waals surface area contributed by atoms with Crippen LogP contribution < -0.4 is 10.6 Å². The lowest BCUT2D eigenvalue weighted by Crippen LogP contribution is -2.45. The number of amides is 2. The second-order valence-corrected chi connectivity index (χ2v) is 7.34. The minimum atomic E-state index is -0.112. The first-order valence-electron chi connectivity index (χ1n) is 9.28. The summed E-state index contributed by atoms with van der Waals surface area (Å²) in [6.07, 6.45) is 7.63. The fraction of sp³-hybridized carbons (Fsp3) is 0.722. The predicted molar refractivity (Wildman–Crippen MR) is 108 cm³/mol. The summed E-state index contributed by atoms with van der Waals surface area (Å²) >= 11 is 0. The molecular weight excluding hydrogens is 447 g/mol. The number of imide groups is 1. The standard InChI is InChI=1S/C18H26N4O3.HI/c1-19-18(21-10-13-3-2-8-25-13)20-6-7-22-16(23)14-11-4-5-12(9-11)15(14)17(22)24;/h4-5,11-15H,2-3,6-10H2,1H3,(H2,19,20,21);1H. The molecule has 7 nitrogen and oxygen atoms in total. The first-order chi connectivity index (χ1) is 12.2. The summed E-state index contributed by atoms with van der Waals surface area (Å²) in [5.41, 5.74) is 0. The zero-order valence-corrected chi connectivity index (χ0v) is 17.3.